The molecule has 0 spiro atoms. The molecule has 2 N–H and O–H groups in total. The Morgan fingerprint density at radius 1 is 1.19 bits per heavy atom. The predicted octanol–water partition coefficient (Wildman–Crippen LogP) is 1.70. The number of amides is 1. The monoisotopic (exact) mass is 288 g/mol. The van der Waals surface area contributed by atoms with E-state index in [0.717, 1.165) is 12.1 Å². The summed E-state index contributed by atoms with van der Waals surface area (Å²) < 4.78 is 28.9. The molecule has 3 aromatic rings. The Morgan fingerprint density at radius 3 is 2.57 bits per heavy atom. The Kier molecular flexibility index (Phi) is 3.09. The molecule has 0 aliphatic carbocycles. The van der Waals surface area contributed by atoms with E-state index in [0.29, 0.717) is 11.3 Å². The van der Waals surface area contributed by atoms with Gasteiger partial charge in [0.1, 0.15) is 11.6 Å². The summed E-state index contributed by atoms with van der Waals surface area (Å²) in [7, 11) is 0. The van der Waals surface area contributed by atoms with Crippen LogP contribution in [-0.2, 0) is 11.2 Å². The largest absolute Gasteiger partial charge is 0.369 e. The van der Waals surface area contributed by atoms with Gasteiger partial charge in [0.15, 0.2) is 5.65 Å². The Labute approximate surface area is 118 Å². The number of rotatable bonds is 3. The molecule has 0 radical (unpaired) electrons. The summed E-state index contributed by atoms with van der Waals surface area (Å²) in [6.07, 6.45) is 1.39. The minimum absolute atomic E-state index is 0.0582. The zero-order valence-corrected chi connectivity index (χ0v) is 10.8. The van der Waals surface area contributed by atoms with Crippen LogP contribution in [0, 0.1) is 11.6 Å². The molecular formula is C14H10F2N4O. The quantitative estimate of drug-likeness (QED) is 0.797. The number of fused-ring (bicyclic) bond motifs is 1. The molecule has 0 unspecified atom stereocenters. The van der Waals surface area contributed by atoms with E-state index in [1.165, 1.54) is 22.8 Å². The first-order chi connectivity index (χ1) is 10.1. The van der Waals surface area contributed by atoms with Crippen molar-refractivity contribution >= 4 is 11.6 Å². The molecule has 2 heterocycles. The number of hydrogen-bond donors (Lipinski definition) is 1. The van der Waals surface area contributed by atoms with E-state index >= 15 is 0 Å². The van der Waals surface area contributed by atoms with Crippen molar-refractivity contribution in [1.29, 1.82) is 0 Å². The van der Waals surface area contributed by atoms with Crippen LogP contribution in [0.4, 0.5) is 8.78 Å². The number of hydrogen-bond acceptors (Lipinski definition) is 3. The second-order valence-electron chi connectivity index (χ2n) is 4.48. The van der Waals surface area contributed by atoms with Crippen LogP contribution in [0.3, 0.4) is 0 Å². The van der Waals surface area contributed by atoms with Gasteiger partial charge in [0.25, 0.3) is 0 Å². The maximum Gasteiger partial charge on any atom is 0.223 e. The van der Waals surface area contributed by atoms with E-state index in [-0.39, 0.29) is 17.7 Å². The summed E-state index contributed by atoms with van der Waals surface area (Å²) in [5, 5.41) is 4.15. The zero-order valence-electron chi connectivity index (χ0n) is 10.8. The lowest BCUT2D eigenvalue weighted by Gasteiger charge is -2.05. The number of benzene rings is 1. The number of carbonyl (C=O) groups excluding carboxylic acids is 1. The van der Waals surface area contributed by atoms with Gasteiger partial charge in [-0.25, -0.2) is 18.3 Å². The standard InChI is InChI=1S/C14H10F2N4O/c15-9-2-1-3-10(16)14(9)11-4-5-13-18-7-8(6-12(17)21)20(13)19-11/h1-5,7H,6H2,(H2,17,21). The molecule has 0 atom stereocenters. The molecular weight excluding hydrogens is 278 g/mol. The smallest absolute Gasteiger partial charge is 0.223 e. The Balaban J connectivity index is 2.18. The van der Waals surface area contributed by atoms with Crippen molar-refractivity contribution in [2.45, 2.75) is 6.42 Å². The fraction of sp³-hybridized carbons (Fsp3) is 0.0714. The van der Waals surface area contributed by atoms with Gasteiger partial charge in [0.2, 0.25) is 5.91 Å². The van der Waals surface area contributed by atoms with Gasteiger partial charge in [-0.05, 0) is 24.3 Å². The fourth-order valence-electron chi connectivity index (χ4n) is 2.10. The predicted molar refractivity (Wildman–Crippen MR) is 71.2 cm³/mol. The third kappa shape index (κ3) is 2.33. The third-order valence-corrected chi connectivity index (χ3v) is 3.01. The van der Waals surface area contributed by atoms with Gasteiger partial charge in [-0.2, -0.15) is 5.10 Å². The molecule has 1 aromatic carbocycles. The molecule has 0 fully saturated rings. The normalized spacial score (nSPS) is 11.0. The van der Waals surface area contributed by atoms with Crippen molar-refractivity contribution in [3.63, 3.8) is 0 Å². The number of aromatic nitrogens is 3. The number of carbonyl (C=O) groups is 1. The lowest BCUT2D eigenvalue weighted by Crippen LogP contribution is -2.15. The first-order valence-corrected chi connectivity index (χ1v) is 6.12. The van der Waals surface area contributed by atoms with Gasteiger partial charge >= 0.3 is 0 Å². The van der Waals surface area contributed by atoms with Crippen LogP contribution in [-0.4, -0.2) is 20.5 Å². The first kappa shape index (κ1) is 13.2. The maximum absolute atomic E-state index is 13.8. The fourth-order valence-corrected chi connectivity index (χ4v) is 2.10. The number of halogens is 2. The van der Waals surface area contributed by atoms with Crippen LogP contribution in [0.15, 0.2) is 36.5 Å². The molecule has 0 bridgehead atoms. The van der Waals surface area contributed by atoms with Crippen molar-refractivity contribution in [2.24, 2.45) is 5.73 Å². The summed E-state index contributed by atoms with van der Waals surface area (Å²) >= 11 is 0. The topological polar surface area (TPSA) is 73.3 Å². The molecule has 2 aromatic heterocycles. The van der Waals surface area contributed by atoms with Crippen LogP contribution in [0.1, 0.15) is 5.69 Å². The second kappa shape index (κ2) is 4.93. The van der Waals surface area contributed by atoms with Crippen molar-refractivity contribution in [3.05, 3.63) is 53.9 Å². The molecule has 5 nitrogen and oxygen atoms in total. The number of primary amides is 1. The van der Waals surface area contributed by atoms with Gasteiger partial charge in [0, 0.05) is 0 Å². The van der Waals surface area contributed by atoms with Crippen LogP contribution in [0.25, 0.3) is 16.9 Å². The van der Waals surface area contributed by atoms with Gasteiger partial charge in [-0.3, -0.25) is 4.79 Å². The molecule has 0 aliphatic rings. The van der Waals surface area contributed by atoms with Gasteiger partial charge in [-0.1, -0.05) is 6.07 Å². The summed E-state index contributed by atoms with van der Waals surface area (Å²) in [6.45, 7) is 0. The first-order valence-electron chi connectivity index (χ1n) is 6.12. The molecule has 0 aliphatic heterocycles. The van der Waals surface area contributed by atoms with Crippen LogP contribution >= 0.6 is 0 Å². The van der Waals surface area contributed by atoms with E-state index in [4.69, 9.17) is 5.73 Å². The van der Waals surface area contributed by atoms with Crippen LogP contribution in [0.2, 0.25) is 0 Å². The summed E-state index contributed by atoms with van der Waals surface area (Å²) in [5.74, 6) is -1.96. The van der Waals surface area contributed by atoms with Crippen LogP contribution < -0.4 is 5.73 Å². The Hall–Kier alpha value is -2.83. The number of nitrogens with zero attached hydrogens (tertiary/aromatic N) is 3. The molecule has 21 heavy (non-hydrogen) atoms. The summed E-state index contributed by atoms with van der Waals surface area (Å²) in [6, 6.07) is 6.63. The molecule has 7 heteroatoms. The van der Waals surface area contributed by atoms with Crippen molar-refractivity contribution in [1.82, 2.24) is 14.6 Å². The van der Waals surface area contributed by atoms with Gasteiger partial charge < -0.3 is 5.73 Å². The van der Waals surface area contributed by atoms with Gasteiger partial charge in [0.05, 0.1) is 29.6 Å². The number of nitrogens with two attached hydrogens (primary N) is 1. The highest BCUT2D eigenvalue weighted by molar-refractivity contribution is 5.76. The Bertz CT molecular complexity index is 824. The lowest BCUT2D eigenvalue weighted by molar-refractivity contribution is -0.117. The van der Waals surface area contributed by atoms with Crippen molar-refractivity contribution in [2.75, 3.05) is 0 Å². The molecule has 106 valence electrons. The van der Waals surface area contributed by atoms with E-state index in [1.807, 2.05) is 0 Å². The Morgan fingerprint density at radius 2 is 1.90 bits per heavy atom. The molecule has 1 amide bonds. The van der Waals surface area contributed by atoms with Crippen LogP contribution in [0.5, 0.6) is 0 Å². The minimum Gasteiger partial charge on any atom is -0.369 e. The molecule has 3 rings (SSSR count). The zero-order chi connectivity index (χ0) is 15.0. The van der Waals surface area contributed by atoms with E-state index < -0.39 is 17.5 Å². The number of imidazole rings is 1. The highest BCUT2D eigenvalue weighted by atomic mass is 19.1. The minimum atomic E-state index is -0.710. The van der Waals surface area contributed by atoms with Gasteiger partial charge in [-0.15, -0.1) is 0 Å². The summed E-state index contributed by atoms with van der Waals surface area (Å²) in [5.41, 5.74) is 5.95. The SMILES string of the molecule is NC(=O)Cc1cnc2ccc(-c3c(F)cccc3F)nn12. The third-order valence-electron chi connectivity index (χ3n) is 3.01. The highest BCUT2D eigenvalue weighted by Gasteiger charge is 2.14. The van der Waals surface area contributed by atoms with E-state index in [9.17, 15) is 13.6 Å². The average molecular weight is 288 g/mol. The van der Waals surface area contributed by atoms with Crippen molar-refractivity contribution in [3.8, 4) is 11.3 Å². The second-order valence-corrected chi connectivity index (χ2v) is 4.48. The van der Waals surface area contributed by atoms with E-state index in [2.05, 4.69) is 10.1 Å². The van der Waals surface area contributed by atoms with E-state index in [1.54, 1.807) is 6.07 Å². The average Bonchev–Trinajstić information content (AvgIpc) is 2.81. The highest BCUT2D eigenvalue weighted by Crippen LogP contribution is 2.24. The summed E-state index contributed by atoms with van der Waals surface area (Å²) in [4.78, 5) is 15.1. The maximum atomic E-state index is 13.8. The lowest BCUT2D eigenvalue weighted by atomic mass is 10.1. The molecule has 0 saturated heterocycles. The van der Waals surface area contributed by atoms with Crippen molar-refractivity contribution < 1.29 is 13.6 Å². The molecule has 0 saturated carbocycles.